The van der Waals surface area contributed by atoms with Gasteiger partial charge in [0.1, 0.15) is 29.3 Å². The molecule has 0 spiro atoms. The van der Waals surface area contributed by atoms with Gasteiger partial charge in [0.05, 0.1) is 23.4 Å². The third kappa shape index (κ3) is 4.31. The van der Waals surface area contributed by atoms with Crippen molar-refractivity contribution in [3.8, 4) is 23.8 Å². The fourth-order valence-corrected chi connectivity index (χ4v) is 3.76. The first-order valence-corrected chi connectivity index (χ1v) is 10.4. The van der Waals surface area contributed by atoms with E-state index in [4.69, 9.17) is 37.8 Å². The van der Waals surface area contributed by atoms with Gasteiger partial charge >= 0.3 is 5.97 Å². The van der Waals surface area contributed by atoms with Gasteiger partial charge in [0, 0.05) is 5.56 Å². The quantitative estimate of drug-likeness (QED) is 0.184. The number of methoxy groups -OCH3 is 1. The molecule has 1 atom stereocenters. The Labute approximate surface area is 204 Å². The fraction of sp³-hybridized carbons (Fsp3) is 0.0870. The van der Waals surface area contributed by atoms with E-state index in [0.717, 1.165) is 0 Å². The number of benzene rings is 2. The maximum Gasteiger partial charge on any atom is 0.345 e. The van der Waals surface area contributed by atoms with Gasteiger partial charge in [0.2, 0.25) is 5.96 Å². The number of guanidine groups is 1. The van der Waals surface area contributed by atoms with E-state index in [1.165, 1.54) is 13.2 Å². The second kappa shape index (κ2) is 9.47. The number of nitriles is 2. The van der Waals surface area contributed by atoms with Crippen molar-refractivity contribution in [2.24, 2.45) is 4.99 Å². The Bertz CT molecular complexity index is 1460. The van der Waals surface area contributed by atoms with Crippen molar-refractivity contribution < 1.29 is 14.3 Å². The Balaban J connectivity index is 1.77. The van der Waals surface area contributed by atoms with Crippen LogP contribution >= 0.6 is 11.6 Å². The number of aliphatic imine (C=N–C) groups is 1. The number of nitrogen functional groups attached to an aromatic ring is 2. The van der Waals surface area contributed by atoms with Crippen LogP contribution in [0.4, 0.5) is 17.3 Å². The van der Waals surface area contributed by atoms with Crippen LogP contribution in [0.15, 0.2) is 47.5 Å². The van der Waals surface area contributed by atoms with Gasteiger partial charge in [-0.05, 0) is 29.8 Å². The summed E-state index contributed by atoms with van der Waals surface area (Å²) in [6.45, 7) is 0. The van der Waals surface area contributed by atoms with Crippen LogP contribution in [-0.4, -0.2) is 24.0 Å². The maximum absolute atomic E-state index is 12.6. The largest absolute Gasteiger partial charge is 0.493 e. The Morgan fingerprint density at radius 1 is 1.20 bits per heavy atom. The van der Waals surface area contributed by atoms with Gasteiger partial charge in [-0.3, -0.25) is 5.32 Å². The topological polar surface area (TPSA) is 184 Å². The standard InChI is InChI=1S/C23H17ClN8O3/c1-34-16-8-11(6-7-15(16)35-22(33)12-4-2-3-5-14(12)24)19-17-18(27)13(9-25)20(28)31-21(17)32-23(30-19)29-10-26/h2-8,19H,1H3,(H6,27,28,29,30,31,32). The van der Waals surface area contributed by atoms with E-state index in [9.17, 15) is 10.1 Å². The number of nitrogens with zero attached hydrogens (tertiary/aromatic N) is 4. The van der Waals surface area contributed by atoms with Gasteiger partial charge in [-0.15, -0.1) is 0 Å². The van der Waals surface area contributed by atoms with Gasteiger partial charge in [0.15, 0.2) is 17.7 Å². The summed E-state index contributed by atoms with van der Waals surface area (Å²) in [7, 11) is 1.42. The molecule has 0 saturated carbocycles. The van der Waals surface area contributed by atoms with Crippen LogP contribution in [0, 0.1) is 22.8 Å². The summed E-state index contributed by atoms with van der Waals surface area (Å²) in [4.78, 5) is 21.3. The molecule has 3 aromatic rings. The highest BCUT2D eigenvalue weighted by atomic mass is 35.5. The number of nitrogens with two attached hydrogens (primary N) is 2. The first-order valence-electron chi connectivity index (χ1n) is 10.0. The number of aromatic nitrogens is 1. The summed E-state index contributed by atoms with van der Waals surface area (Å²) in [5, 5.41) is 24.0. The summed E-state index contributed by atoms with van der Waals surface area (Å²) in [6, 6.07) is 12.4. The van der Waals surface area contributed by atoms with E-state index in [2.05, 4.69) is 20.6 Å². The van der Waals surface area contributed by atoms with Crippen molar-refractivity contribution in [2.75, 3.05) is 23.9 Å². The number of fused-ring (bicyclic) bond motifs is 1. The molecule has 1 aliphatic heterocycles. The van der Waals surface area contributed by atoms with Crippen LogP contribution in [-0.2, 0) is 0 Å². The minimum atomic E-state index is -0.787. The Hall–Kier alpha value is -5.00. The van der Waals surface area contributed by atoms with Gasteiger partial charge in [0.25, 0.3) is 0 Å². The van der Waals surface area contributed by atoms with Gasteiger partial charge in [-0.1, -0.05) is 29.8 Å². The van der Waals surface area contributed by atoms with Crippen molar-refractivity contribution in [1.82, 2.24) is 10.3 Å². The number of hydrogen-bond donors (Lipinski definition) is 4. The predicted octanol–water partition coefficient (Wildman–Crippen LogP) is 2.94. The number of esters is 1. The third-order valence-corrected chi connectivity index (χ3v) is 5.49. The monoisotopic (exact) mass is 488 g/mol. The summed E-state index contributed by atoms with van der Waals surface area (Å²) in [5.41, 5.74) is 13.4. The summed E-state index contributed by atoms with van der Waals surface area (Å²) < 4.78 is 10.9. The average molecular weight is 489 g/mol. The molecule has 35 heavy (non-hydrogen) atoms. The summed E-state index contributed by atoms with van der Waals surface area (Å²) in [6.07, 6.45) is 1.79. The molecule has 0 bridgehead atoms. The highest BCUT2D eigenvalue weighted by molar-refractivity contribution is 6.33. The molecule has 0 radical (unpaired) electrons. The third-order valence-electron chi connectivity index (χ3n) is 5.16. The molecule has 0 amide bonds. The van der Waals surface area contributed by atoms with E-state index in [1.807, 2.05) is 6.07 Å². The second-order valence-corrected chi connectivity index (χ2v) is 7.59. The van der Waals surface area contributed by atoms with Crippen LogP contribution < -0.4 is 31.6 Å². The number of halogens is 1. The molecule has 1 aromatic heterocycles. The lowest BCUT2D eigenvalue weighted by atomic mass is 9.95. The number of nitrogens with one attached hydrogen (secondary N) is 2. The number of carbonyl (C=O) groups excluding carboxylic acids is 1. The van der Waals surface area contributed by atoms with E-state index in [0.29, 0.717) is 11.1 Å². The van der Waals surface area contributed by atoms with Crippen LogP contribution in [0.1, 0.15) is 33.1 Å². The smallest absolute Gasteiger partial charge is 0.345 e. The lowest BCUT2D eigenvalue weighted by molar-refractivity contribution is 0.0730. The molecule has 0 aliphatic carbocycles. The first kappa shape index (κ1) is 23.2. The molecular formula is C23H17ClN8O3. The van der Waals surface area contributed by atoms with Crippen LogP contribution in [0.3, 0.4) is 0 Å². The molecule has 174 valence electrons. The Kier molecular flexibility index (Phi) is 6.27. The molecule has 12 heteroatoms. The van der Waals surface area contributed by atoms with Crippen LogP contribution in [0.25, 0.3) is 0 Å². The lowest BCUT2D eigenvalue weighted by Crippen LogP contribution is -2.32. The molecule has 0 fully saturated rings. The first-order chi connectivity index (χ1) is 16.9. The van der Waals surface area contributed by atoms with Crippen molar-refractivity contribution in [3.05, 3.63) is 69.7 Å². The molecule has 6 N–H and O–H groups in total. The zero-order valence-electron chi connectivity index (χ0n) is 18.2. The minimum absolute atomic E-state index is 0.0136. The lowest BCUT2D eigenvalue weighted by Gasteiger charge is -2.26. The number of hydrogen-bond acceptors (Lipinski definition) is 11. The highest BCUT2D eigenvalue weighted by Crippen LogP contribution is 2.42. The van der Waals surface area contributed by atoms with E-state index >= 15 is 0 Å². The van der Waals surface area contributed by atoms with Gasteiger partial charge in [-0.25, -0.2) is 14.8 Å². The fourth-order valence-electron chi connectivity index (χ4n) is 3.54. The summed E-state index contributed by atoms with van der Waals surface area (Å²) in [5.74, 6) is 0.00740. The molecule has 0 saturated heterocycles. The highest BCUT2D eigenvalue weighted by Gasteiger charge is 2.30. The molecule has 1 aliphatic rings. The molecule has 11 nitrogen and oxygen atoms in total. The number of pyridine rings is 1. The van der Waals surface area contributed by atoms with Crippen molar-refractivity contribution in [2.45, 2.75) is 6.04 Å². The Morgan fingerprint density at radius 3 is 2.66 bits per heavy atom. The maximum atomic E-state index is 12.6. The number of anilines is 3. The minimum Gasteiger partial charge on any atom is -0.493 e. The second-order valence-electron chi connectivity index (χ2n) is 7.18. The van der Waals surface area contributed by atoms with Crippen molar-refractivity contribution in [1.29, 1.82) is 10.5 Å². The van der Waals surface area contributed by atoms with E-state index in [1.54, 1.807) is 42.6 Å². The zero-order valence-corrected chi connectivity index (χ0v) is 18.9. The van der Waals surface area contributed by atoms with Crippen molar-refractivity contribution >= 4 is 40.9 Å². The Morgan fingerprint density at radius 2 is 1.97 bits per heavy atom. The van der Waals surface area contributed by atoms with Crippen LogP contribution in [0.2, 0.25) is 5.02 Å². The van der Waals surface area contributed by atoms with Gasteiger partial charge in [-0.2, -0.15) is 10.5 Å². The number of rotatable bonds is 4. The van der Waals surface area contributed by atoms with E-state index < -0.39 is 12.0 Å². The van der Waals surface area contributed by atoms with Gasteiger partial charge < -0.3 is 26.3 Å². The predicted molar refractivity (Wildman–Crippen MR) is 129 cm³/mol. The molecule has 4 rings (SSSR count). The average Bonchev–Trinajstić information content (AvgIpc) is 2.84. The zero-order chi connectivity index (χ0) is 25.1. The molecule has 2 heterocycles. The van der Waals surface area contributed by atoms with Crippen molar-refractivity contribution in [3.63, 3.8) is 0 Å². The number of ether oxygens (including phenoxy) is 2. The molecular weight excluding hydrogens is 472 g/mol. The summed E-state index contributed by atoms with van der Waals surface area (Å²) >= 11 is 6.09. The van der Waals surface area contributed by atoms with Crippen LogP contribution in [0.5, 0.6) is 11.5 Å². The normalized spacial score (nSPS) is 13.8. The number of carbonyl (C=O) groups is 1. The molecule has 2 aromatic carbocycles. The van der Waals surface area contributed by atoms with E-state index in [-0.39, 0.29) is 50.9 Å². The SMILES string of the molecule is COc1cc(C2N=C(NC#N)Nc3nc(N)c(C#N)c(N)c32)ccc1OC(=O)c1ccccc1Cl. The molecule has 1 unspecified atom stereocenters.